The van der Waals surface area contributed by atoms with Gasteiger partial charge in [0.15, 0.2) is 0 Å². The van der Waals surface area contributed by atoms with Crippen LogP contribution in [-0.2, 0) is 0 Å². The van der Waals surface area contributed by atoms with Crippen LogP contribution in [0.5, 0.6) is 0 Å². The Morgan fingerprint density at radius 1 is 1.09 bits per heavy atom. The fourth-order valence-corrected chi connectivity index (χ4v) is 1.19. The predicted octanol–water partition coefficient (Wildman–Crippen LogP) is 2.60. The number of hydrogen-bond acceptors (Lipinski definition) is 1. The van der Waals surface area contributed by atoms with E-state index in [1.807, 2.05) is 0 Å². The summed E-state index contributed by atoms with van der Waals surface area (Å²) < 4.78 is 0. The maximum absolute atomic E-state index is 8.57. The molecule has 0 rings (SSSR count). The summed E-state index contributed by atoms with van der Waals surface area (Å²) in [5.41, 5.74) is 0. The highest BCUT2D eigenvalue weighted by molar-refractivity contribution is 6.28. The van der Waals surface area contributed by atoms with E-state index in [-0.39, 0.29) is 17.4 Å². The SMILES string of the molecule is OC[C@H](Cl)CCC[C@@H](Cl)CCl. The Bertz CT molecular complexity index is 79.8. The Hall–Kier alpha value is 0.830. The first kappa shape index (κ1) is 11.8. The van der Waals surface area contributed by atoms with Crippen LogP contribution in [0, 0.1) is 0 Å². The zero-order chi connectivity index (χ0) is 8.69. The summed E-state index contributed by atoms with van der Waals surface area (Å²) >= 11 is 16.9. The third-order valence-corrected chi connectivity index (χ3v) is 2.66. The van der Waals surface area contributed by atoms with Crippen LogP contribution < -0.4 is 0 Å². The minimum atomic E-state index is -0.130. The molecule has 0 unspecified atom stereocenters. The van der Waals surface area contributed by atoms with Gasteiger partial charge in [0.05, 0.1) is 12.0 Å². The minimum Gasteiger partial charge on any atom is -0.395 e. The van der Waals surface area contributed by atoms with Crippen LogP contribution in [0.3, 0.4) is 0 Å². The lowest BCUT2D eigenvalue weighted by atomic mass is 10.1. The van der Waals surface area contributed by atoms with Gasteiger partial charge in [0.2, 0.25) is 0 Å². The molecule has 11 heavy (non-hydrogen) atoms. The molecule has 0 spiro atoms. The van der Waals surface area contributed by atoms with Crippen LogP contribution in [0.25, 0.3) is 0 Å². The van der Waals surface area contributed by atoms with Crippen molar-refractivity contribution in [2.24, 2.45) is 0 Å². The smallest absolute Gasteiger partial charge is 0.0595 e. The first-order valence-corrected chi connectivity index (χ1v) is 5.06. The summed E-state index contributed by atoms with van der Waals surface area (Å²) in [4.78, 5) is 0. The molecule has 0 aromatic rings. The molecular formula is C7H13Cl3O. The molecule has 0 aromatic heterocycles. The monoisotopic (exact) mass is 218 g/mol. The molecule has 0 aliphatic rings. The largest absolute Gasteiger partial charge is 0.395 e. The molecule has 68 valence electrons. The molecule has 0 saturated heterocycles. The van der Waals surface area contributed by atoms with Gasteiger partial charge in [0.25, 0.3) is 0 Å². The Balaban J connectivity index is 3.13. The maximum atomic E-state index is 8.57. The van der Waals surface area contributed by atoms with Gasteiger partial charge < -0.3 is 5.11 Å². The summed E-state index contributed by atoms with van der Waals surface area (Å²) in [7, 11) is 0. The highest BCUT2D eigenvalue weighted by atomic mass is 35.5. The van der Waals surface area contributed by atoms with Gasteiger partial charge >= 0.3 is 0 Å². The average Bonchev–Trinajstić information content (AvgIpc) is 2.04. The van der Waals surface area contributed by atoms with Gasteiger partial charge in [-0.05, 0) is 12.8 Å². The van der Waals surface area contributed by atoms with Crippen LogP contribution in [-0.4, -0.2) is 28.3 Å². The number of alkyl halides is 3. The Labute approximate surface area is 82.6 Å². The van der Waals surface area contributed by atoms with Crippen LogP contribution in [0.1, 0.15) is 19.3 Å². The fraction of sp³-hybridized carbons (Fsp3) is 1.00. The van der Waals surface area contributed by atoms with Crippen molar-refractivity contribution >= 4 is 34.8 Å². The van der Waals surface area contributed by atoms with Gasteiger partial charge in [-0.3, -0.25) is 0 Å². The number of aliphatic hydroxyl groups is 1. The molecule has 0 radical (unpaired) electrons. The third-order valence-electron chi connectivity index (χ3n) is 1.40. The van der Waals surface area contributed by atoms with Crippen LogP contribution >= 0.6 is 34.8 Å². The van der Waals surface area contributed by atoms with Crippen molar-refractivity contribution in [3.63, 3.8) is 0 Å². The molecular weight excluding hydrogens is 206 g/mol. The zero-order valence-corrected chi connectivity index (χ0v) is 8.54. The number of rotatable bonds is 6. The lowest BCUT2D eigenvalue weighted by Gasteiger charge is -2.07. The first-order valence-electron chi connectivity index (χ1n) is 3.65. The topological polar surface area (TPSA) is 20.2 Å². The van der Waals surface area contributed by atoms with Gasteiger partial charge in [-0.2, -0.15) is 0 Å². The van der Waals surface area contributed by atoms with Crippen LogP contribution in [0.2, 0.25) is 0 Å². The summed E-state index contributed by atoms with van der Waals surface area (Å²) in [6.45, 7) is 0.0371. The highest BCUT2D eigenvalue weighted by Crippen LogP contribution is 2.12. The molecule has 0 fully saturated rings. The maximum Gasteiger partial charge on any atom is 0.0595 e. The lowest BCUT2D eigenvalue weighted by molar-refractivity contribution is 0.286. The number of aliphatic hydroxyl groups excluding tert-OH is 1. The minimum absolute atomic E-state index is 0.0371. The van der Waals surface area contributed by atoms with E-state index >= 15 is 0 Å². The quantitative estimate of drug-likeness (QED) is 0.681. The second-order valence-corrected chi connectivity index (χ2v) is 4.01. The molecule has 0 saturated carbocycles. The summed E-state index contributed by atoms with van der Waals surface area (Å²) in [6.07, 6.45) is 2.60. The fourth-order valence-electron chi connectivity index (χ4n) is 0.729. The number of hydrogen-bond donors (Lipinski definition) is 1. The van der Waals surface area contributed by atoms with E-state index in [1.54, 1.807) is 0 Å². The Kier molecular flexibility index (Phi) is 8.04. The third kappa shape index (κ3) is 7.20. The highest BCUT2D eigenvalue weighted by Gasteiger charge is 2.05. The molecule has 2 atom stereocenters. The van der Waals surface area contributed by atoms with Gasteiger partial charge in [-0.25, -0.2) is 0 Å². The van der Waals surface area contributed by atoms with E-state index in [0.29, 0.717) is 5.88 Å². The lowest BCUT2D eigenvalue weighted by Crippen LogP contribution is -2.06. The zero-order valence-electron chi connectivity index (χ0n) is 6.27. The predicted molar refractivity (Wildman–Crippen MR) is 50.9 cm³/mol. The van der Waals surface area contributed by atoms with Gasteiger partial charge in [-0.1, -0.05) is 6.42 Å². The number of halogens is 3. The van der Waals surface area contributed by atoms with Crippen molar-refractivity contribution in [2.75, 3.05) is 12.5 Å². The molecule has 0 aromatic carbocycles. The van der Waals surface area contributed by atoms with E-state index in [4.69, 9.17) is 39.9 Å². The van der Waals surface area contributed by atoms with E-state index in [9.17, 15) is 0 Å². The molecule has 1 nitrogen and oxygen atoms in total. The Morgan fingerprint density at radius 2 is 1.64 bits per heavy atom. The molecule has 0 heterocycles. The van der Waals surface area contributed by atoms with E-state index < -0.39 is 0 Å². The first-order chi connectivity index (χ1) is 5.20. The second-order valence-electron chi connectivity index (χ2n) is 2.46. The summed E-state index contributed by atoms with van der Waals surface area (Å²) in [5.74, 6) is 0.480. The molecule has 0 aliphatic carbocycles. The van der Waals surface area contributed by atoms with Crippen molar-refractivity contribution in [1.29, 1.82) is 0 Å². The molecule has 4 heteroatoms. The van der Waals surface area contributed by atoms with Crippen LogP contribution in [0.15, 0.2) is 0 Å². The molecule has 0 bridgehead atoms. The van der Waals surface area contributed by atoms with Crippen LogP contribution in [0.4, 0.5) is 0 Å². The van der Waals surface area contributed by atoms with Crippen molar-refractivity contribution in [2.45, 2.75) is 30.0 Å². The molecule has 0 amide bonds. The van der Waals surface area contributed by atoms with Gasteiger partial charge in [0, 0.05) is 11.3 Å². The molecule has 0 aliphatic heterocycles. The standard InChI is InChI=1S/C7H13Cl3O/c8-4-6(9)2-1-3-7(10)5-11/h6-7,11H,1-5H2/t6-,7-/m1/s1. The van der Waals surface area contributed by atoms with Crippen molar-refractivity contribution in [3.05, 3.63) is 0 Å². The summed E-state index contributed by atoms with van der Waals surface area (Å²) in [6, 6.07) is 0. The van der Waals surface area contributed by atoms with Gasteiger partial charge in [-0.15, -0.1) is 34.8 Å². The molecule has 1 N–H and O–H groups in total. The van der Waals surface area contributed by atoms with Gasteiger partial charge in [0.1, 0.15) is 0 Å². The Morgan fingerprint density at radius 3 is 2.09 bits per heavy atom. The van der Waals surface area contributed by atoms with E-state index in [1.165, 1.54) is 0 Å². The summed E-state index contributed by atoms with van der Waals surface area (Å²) in [5, 5.41) is 8.48. The van der Waals surface area contributed by atoms with Crippen molar-refractivity contribution in [3.8, 4) is 0 Å². The average molecular weight is 220 g/mol. The van der Waals surface area contributed by atoms with Crippen molar-refractivity contribution < 1.29 is 5.11 Å². The van der Waals surface area contributed by atoms with Crippen molar-refractivity contribution in [1.82, 2.24) is 0 Å². The second kappa shape index (κ2) is 7.48. The van der Waals surface area contributed by atoms with E-state index in [2.05, 4.69) is 0 Å². The van der Waals surface area contributed by atoms with E-state index in [0.717, 1.165) is 19.3 Å². The normalized spacial score (nSPS) is 16.4.